The molecule has 1 aliphatic rings. The van der Waals surface area contributed by atoms with Crippen molar-refractivity contribution in [3.63, 3.8) is 0 Å². The first-order valence-electron chi connectivity index (χ1n) is 9.52. The van der Waals surface area contributed by atoms with E-state index in [-0.39, 0.29) is 24.7 Å². The maximum Gasteiger partial charge on any atom is 0.253 e. The van der Waals surface area contributed by atoms with Gasteiger partial charge in [0.1, 0.15) is 5.65 Å². The topological polar surface area (TPSA) is 89.5 Å². The smallest absolute Gasteiger partial charge is 0.253 e. The molecule has 0 saturated carbocycles. The third-order valence-electron chi connectivity index (χ3n) is 5.43. The molecule has 1 aromatic carbocycles. The Labute approximate surface area is 168 Å². The van der Waals surface area contributed by atoms with Crippen LogP contribution in [-0.4, -0.2) is 39.4 Å². The molecule has 8 heteroatoms. The molecular formula is C21H24N4O4. The van der Waals surface area contributed by atoms with Gasteiger partial charge >= 0.3 is 0 Å². The van der Waals surface area contributed by atoms with Gasteiger partial charge in [0.2, 0.25) is 12.7 Å². The van der Waals surface area contributed by atoms with Gasteiger partial charge in [0.05, 0.1) is 5.69 Å². The normalized spacial score (nSPS) is 12.6. The molecule has 0 radical (unpaired) electrons. The lowest BCUT2D eigenvalue weighted by atomic mass is 10.0. The molecule has 0 atom stereocenters. The minimum atomic E-state index is -0.163. The molecule has 0 saturated heterocycles. The monoisotopic (exact) mass is 396 g/mol. The Morgan fingerprint density at radius 3 is 2.83 bits per heavy atom. The molecule has 3 heterocycles. The number of aromatic amines is 1. The summed E-state index contributed by atoms with van der Waals surface area (Å²) in [5.41, 5.74) is 3.90. The number of hydrogen-bond donors (Lipinski definition) is 1. The Morgan fingerprint density at radius 1 is 1.28 bits per heavy atom. The zero-order chi connectivity index (χ0) is 20.7. The van der Waals surface area contributed by atoms with E-state index in [1.165, 1.54) is 0 Å². The van der Waals surface area contributed by atoms with Crippen LogP contribution in [0.2, 0.25) is 0 Å². The number of carbonyl (C=O) groups excluding carboxylic acids is 1. The zero-order valence-corrected chi connectivity index (χ0v) is 17.0. The number of aryl methyl sites for hydroxylation is 3. The average Bonchev–Trinajstić information content (AvgIpc) is 3.25. The molecule has 0 spiro atoms. The van der Waals surface area contributed by atoms with Crippen molar-refractivity contribution in [2.45, 2.75) is 33.2 Å². The summed E-state index contributed by atoms with van der Waals surface area (Å²) in [6.07, 6.45) is 0.644. The molecule has 0 aliphatic carbocycles. The lowest BCUT2D eigenvalue weighted by Crippen LogP contribution is -2.27. The second-order valence-electron chi connectivity index (χ2n) is 7.43. The number of rotatable bonds is 5. The number of hydrogen-bond acceptors (Lipinski definition) is 5. The summed E-state index contributed by atoms with van der Waals surface area (Å²) < 4.78 is 12.4. The summed E-state index contributed by atoms with van der Waals surface area (Å²) in [6, 6.07) is 5.66. The third kappa shape index (κ3) is 3.46. The molecule has 0 fully saturated rings. The van der Waals surface area contributed by atoms with Crippen molar-refractivity contribution in [3.8, 4) is 11.5 Å². The van der Waals surface area contributed by atoms with Crippen LogP contribution in [0.3, 0.4) is 0 Å². The summed E-state index contributed by atoms with van der Waals surface area (Å²) in [7, 11) is 3.57. The molecule has 0 unspecified atom stereocenters. The average molecular weight is 396 g/mol. The lowest BCUT2D eigenvalue weighted by molar-refractivity contribution is -0.130. The number of amides is 1. The van der Waals surface area contributed by atoms with Gasteiger partial charge in [-0.25, -0.2) is 0 Å². The number of ether oxygens (including phenoxy) is 2. The van der Waals surface area contributed by atoms with E-state index in [0.717, 1.165) is 28.0 Å². The minimum Gasteiger partial charge on any atom is -0.454 e. The van der Waals surface area contributed by atoms with E-state index in [4.69, 9.17) is 9.47 Å². The van der Waals surface area contributed by atoms with E-state index in [9.17, 15) is 9.59 Å². The first-order chi connectivity index (χ1) is 13.8. The van der Waals surface area contributed by atoms with E-state index in [2.05, 4.69) is 10.1 Å². The summed E-state index contributed by atoms with van der Waals surface area (Å²) in [6.45, 7) is 4.53. The first-order valence-corrected chi connectivity index (χ1v) is 9.52. The van der Waals surface area contributed by atoms with Gasteiger partial charge in [-0.15, -0.1) is 0 Å². The van der Waals surface area contributed by atoms with Crippen LogP contribution in [0.25, 0.3) is 11.0 Å². The van der Waals surface area contributed by atoms with E-state index in [1.807, 2.05) is 32.0 Å². The molecule has 0 bridgehead atoms. The summed E-state index contributed by atoms with van der Waals surface area (Å²) in [4.78, 5) is 29.8. The minimum absolute atomic E-state index is 0.0236. The number of pyridine rings is 1. The van der Waals surface area contributed by atoms with Crippen LogP contribution < -0.4 is 15.0 Å². The van der Waals surface area contributed by atoms with Gasteiger partial charge in [-0.3, -0.25) is 14.3 Å². The first kappa shape index (κ1) is 19.0. The van der Waals surface area contributed by atoms with Crippen LogP contribution in [0.5, 0.6) is 11.5 Å². The Kier molecular flexibility index (Phi) is 4.77. The zero-order valence-electron chi connectivity index (χ0n) is 17.0. The van der Waals surface area contributed by atoms with E-state index in [0.29, 0.717) is 29.9 Å². The quantitative estimate of drug-likeness (QED) is 0.714. The fourth-order valence-corrected chi connectivity index (χ4v) is 3.88. The molecule has 8 nitrogen and oxygen atoms in total. The molecule has 1 amide bonds. The Hall–Kier alpha value is -3.29. The van der Waals surface area contributed by atoms with Gasteiger partial charge in [0.25, 0.3) is 5.56 Å². The van der Waals surface area contributed by atoms with Crippen molar-refractivity contribution in [2.24, 2.45) is 7.05 Å². The van der Waals surface area contributed by atoms with Gasteiger partial charge < -0.3 is 19.4 Å². The predicted octanol–water partition coefficient (Wildman–Crippen LogP) is 2.20. The van der Waals surface area contributed by atoms with Crippen molar-refractivity contribution in [3.05, 3.63) is 50.9 Å². The standard InChI is InChI=1S/C21H24N4O4/c1-12-15(21(27)22-20-19(12)13(2)23-25(20)4)6-8-18(26)24(3)10-14-5-7-16-17(9-14)29-11-28-16/h5,7,9H,6,8,10-11H2,1-4H3,(H,22,27). The van der Waals surface area contributed by atoms with Crippen LogP contribution in [0, 0.1) is 13.8 Å². The maximum atomic E-state index is 12.7. The highest BCUT2D eigenvalue weighted by atomic mass is 16.7. The third-order valence-corrected chi connectivity index (χ3v) is 5.43. The number of benzene rings is 1. The Balaban J connectivity index is 1.46. The van der Waals surface area contributed by atoms with Crippen molar-refractivity contribution < 1.29 is 14.3 Å². The predicted molar refractivity (Wildman–Crippen MR) is 108 cm³/mol. The van der Waals surface area contributed by atoms with E-state index >= 15 is 0 Å². The number of fused-ring (bicyclic) bond motifs is 2. The molecule has 1 aliphatic heterocycles. The number of nitrogens with zero attached hydrogens (tertiary/aromatic N) is 3. The molecule has 1 N–H and O–H groups in total. The molecule has 29 heavy (non-hydrogen) atoms. The summed E-state index contributed by atoms with van der Waals surface area (Å²) in [5, 5.41) is 5.33. The van der Waals surface area contributed by atoms with Gasteiger partial charge in [0.15, 0.2) is 11.5 Å². The summed E-state index contributed by atoms with van der Waals surface area (Å²) in [5.74, 6) is 1.40. The Morgan fingerprint density at radius 2 is 2.03 bits per heavy atom. The highest BCUT2D eigenvalue weighted by Crippen LogP contribution is 2.32. The maximum absolute atomic E-state index is 12.7. The van der Waals surface area contributed by atoms with Gasteiger partial charge in [0, 0.05) is 38.0 Å². The molecular weight excluding hydrogens is 372 g/mol. The van der Waals surface area contributed by atoms with Crippen LogP contribution >= 0.6 is 0 Å². The number of aromatic nitrogens is 3. The number of H-pyrrole nitrogens is 1. The fourth-order valence-electron chi connectivity index (χ4n) is 3.88. The van der Waals surface area contributed by atoms with Gasteiger partial charge in [-0.1, -0.05) is 6.07 Å². The highest BCUT2D eigenvalue weighted by molar-refractivity contribution is 5.83. The molecule has 4 rings (SSSR count). The second kappa shape index (κ2) is 7.27. The van der Waals surface area contributed by atoms with Crippen molar-refractivity contribution in [1.29, 1.82) is 0 Å². The van der Waals surface area contributed by atoms with Crippen molar-refractivity contribution in [2.75, 3.05) is 13.8 Å². The molecule has 152 valence electrons. The van der Waals surface area contributed by atoms with E-state index in [1.54, 1.807) is 23.7 Å². The Bertz CT molecular complexity index is 1160. The van der Waals surface area contributed by atoms with Crippen LogP contribution in [0.15, 0.2) is 23.0 Å². The highest BCUT2D eigenvalue weighted by Gasteiger charge is 2.18. The number of carbonyl (C=O) groups is 1. The molecule has 2 aromatic heterocycles. The fraction of sp³-hybridized carbons (Fsp3) is 0.381. The molecule has 3 aromatic rings. The number of nitrogens with one attached hydrogen (secondary N) is 1. The van der Waals surface area contributed by atoms with Crippen LogP contribution in [0.1, 0.15) is 28.8 Å². The SMILES string of the molecule is Cc1nn(C)c2[nH]c(=O)c(CCC(=O)N(C)Cc3ccc4c(c3)OCO4)c(C)c12. The lowest BCUT2D eigenvalue weighted by Gasteiger charge is -2.18. The van der Waals surface area contributed by atoms with E-state index < -0.39 is 0 Å². The van der Waals surface area contributed by atoms with Gasteiger partial charge in [-0.05, 0) is 43.5 Å². The summed E-state index contributed by atoms with van der Waals surface area (Å²) >= 11 is 0. The van der Waals surface area contributed by atoms with Crippen LogP contribution in [-0.2, 0) is 24.8 Å². The largest absolute Gasteiger partial charge is 0.454 e. The van der Waals surface area contributed by atoms with Gasteiger partial charge in [-0.2, -0.15) is 5.10 Å². The second-order valence-corrected chi connectivity index (χ2v) is 7.43. The van der Waals surface area contributed by atoms with Crippen LogP contribution in [0.4, 0.5) is 0 Å². The van der Waals surface area contributed by atoms with Crippen molar-refractivity contribution >= 4 is 16.9 Å². The van der Waals surface area contributed by atoms with Crippen molar-refractivity contribution in [1.82, 2.24) is 19.7 Å².